The molecule has 3 aromatic rings. The quantitative estimate of drug-likeness (QED) is 0.613. The third-order valence-corrected chi connectivity index (χ3v) is 8.56. The van der Waals surface area contributed by atoms with Crippen molar-refractivity contribution in [3.63, 3.8) is 0 Å². The molecule has 1 aromatic carbocycles. The molecule has 8 heteroatoms. The van der Waals surface area contributed by atoms with Crippen molar-refractivity contribution in [3.05, 3.63) is 58.1 Å². The number of rotatable bonds is 5. The number of aryl methyl sites for hydroxylation is 2. The molecule has 0 radical (unpaired) electrons. The molecule has 1 unspecified atom stereocenters. The average molecular weight is 430 g/mol. The number of aromatic nitrogens is 2. The molecule has 0 saturated carbocycles. The fraction of sp³-hybridized carbons (Fsp3) is 0.300. The van der Waals surface area contributed by atoms with E-state index in [4.69, 9.17) is 9.97 Å². The van der Waals surface area contributed by atoms with E-state index in [-0.39, 0.29) is 11.8 Å². The van der Waals surface area contributed by atoms with Crippen molar-refractivity contribution in [3.8, 4) is 0 Å². The summed E-state index contributed by atoms with van der Waals surface area (Å²) in [6.45, 7) is 0. The molecule has 0 amide bonds. The molecule has 3 heterocycles. The Bertz CT molecular complexity index is 1170. The van der Waals surface area contributed by atoms with Crippen LogP contribution in [-0.4, -0.2) is 30.2 Å². The maximum absolute atomic E-state index is 11.8. The molecule has 0 bridgehead atoms. The molecule has 0 spiro atoms. The standard InChI is InChI=1S/C20H19N3O2S3/c24-28(25)10-9-13(12-28)21-19-18-15-7-4-8-16(15)27-20(18)23-17(22-19)11-26-14-5-2-1-3-6-14/h1-3,5-6,9-10,13H,4,7-8,11-12H2,(H,21,22,23). The SMILES string of the molecule is O=S1(=O)C=CC(Nc2nc(CSc3ccccc3)nc3sc4c(c23)CCC4)C1. The third kappa shape index (κ3) is 3.56. The second-order valence-electron chi connectivity index (χ2n) is 7.04. The van der Waals surface area contributed by atoms with E-state index in [0.717, 1.165) is 34.7 Å². The van der Waals surface area contributed by atoms with Crippen LogP contribution in [0.1, 0.15) is 22.7 Å². The highest BCUT2D eigenvalue weighted by atomic mass is 32.2. The van der Waals surface area contributed by atoms with Crippen LogP contribution < -0.4 is 5.32 Å². The Labute approximate surface area is 172 Å². The molecule has 2 aliphatic rings. The van der Waals surface area contributed by atoms with Crippen LogP contribution in [-0.2, 0) is 28.4 Å². The number of nitrogens with zero attached hydrogens (tertiary/aromatic N) is 2. The van der Waals surface area contributed by atoms with Crippen LogP contribution in [0.5, 0.6) is 0 Å². The molecule has 0 saturated heterocycles. The molecule has 1 atom stereocenters. The van der Waals surface area contributed by atoms with Gasteiger partial charge in [0.25, 0.3) is 0 Å². The van der Waals surface area contributed by atoms with Crippen LogP contribution >= 0.6 is 23.1 Å². The van der Waals surface area contributed by atoms with Gasteiger partial charge in [0.15, 0.2) is 9.84 Å². The van der Waals surface area contributed by atoms with Crippen molar-refractivity contribution in [1.82, 2.24) is 9.97 Å². The van der Waals surface area contributed by atoms with Gasteiger partial charge < -0.3 is 5.32 Å². The van der Waals surface area contributed by atoms with Gasteiger partial charge in [-0.3, -0.25) is 0 Å². The van der Waals surface area contributed by atoms with Crippen LogP contribution in [0, 0.1) is 0 Å². The van der Waals surface area contributed by atoms with Crippen molar-refractivity contribution in [1.29, 1.82) is 0 Å². The van der Waals surface area contributed by atoms with Crippen molar-refractivity contribution >= 4 is 49.0 Å². The smallest absolute Gasteiger partial charge is 0.173 e. The van der Waals surface area contributed by atoms with Crippen molar-refractivity contribution in [2.24, 2.45) is 0 Å². The first kappa shape index (κ1) is 18.1. The highest BCUT2D eigenvalue weighted by molar-refractivity contribution is 7.98. The molecule has 1 aliphatic carbocycles. The second-order valence-corrected chi connectivity index (χ2v) is 11.1. The van der Waals surface area contributed by atoms with Gasteiger partial charge in [-0.25, -0.2) is 18.4 Å². The Hall–Kier alpha value is -1.90. The highest BCUT2D eigenvalue weighted by Gasteiger charge is 2.26. The zero-order valence-electron chi connectivity index (χ0n) is 15.1. The normalized spacial score (nSPS) is 19.9. The third-order valence-electron chi connectivity index (χ3n) is 4.97. The maximum Gasteiger partial charge on any atom is 0.173 e. The van der Waals surface area contributed by atoms with Gasteiger partial charge in [0, 0.05) is 15.2 Å². The number of thioether (sulfide) groups is 1. The summed E-state index contributed by atoms with van der Waals surface area (Å²) in [6.07, 6.45) is 5.03. The van der Waals surface area contributed by atoms with E-state index < -0.39 is 9.84 Å². The Kier molecular flexibility index (Phi) is 4.65. The van der Waals surface area contributed by atoms with E-state index in [1.165, 1.54) is 27.2 Å². The number of hydrogen-bond donors (Lipinski definition) is 1. The number of fused-ring (bicyclic) bond motifs is 3. The fourth-order valence-corrected chi connectivity index (χ4v) is 7.00. The lowest BCUT2D eigenvalue weighted by molar-refractivity contribution is 0.605. The van der Waals surface area contributed by atoms with Crippen molar-refractivity contribution < 1.29 is 8.42 Å². The minimum absolute atomic E-state index is 0.0823. The number of anilines is 1. The number of thiophene rings is 1. The molecule has 1 N–H and O–H groups in total. The average Bonchev–Trinajstić information content (AvgIpc) is 3.35. The van der Waals surface area contributed by atoms with Crippen molar-refractivity contribution in [2.75, 3.05) is 11.1 Å². The largest absolute Gasteiger partial charge is 0.362 e. The number of hydrogen-bond acceptors (Lipinski definition) is 7. The zero-order chi connectivity index (χ0) is 19.1. The van der Waals surface area contributed by atoms with Gasteiger partial charge in [-0.15, -0.1) is 23.1 Å². The van der Waals surface area contributed by atoms with Crippen LogP contribution in [0.15, 0.2) is 46.7 Å². The number of benzene rings is 1. The molecule has 144 valence electrons. The highest BCUT2D eigenvalue weighted by Crippen LogP contribution is 2.40. The van der Waals surface area contributed by atoms with E-state index in [1.54, 1.807) is 29.2 Å². The molecular formula is C20H19N3O2S3. The number of sulfone groups is 1. The lowest BCUT2D eigenvalue weighted by Gasteiger charge is -2.14. The Morgan fingerprint density at radius 3 is 2.82 bits per heavy atom. The summed E-state index contributed by atoms with van der Waals surface area (Å²) in [4.78, 5) is 13.2. The lowest BCUT2D eigenvalue weighted by atomic mass is 10.2. The Morgan fingerprint density at radius 2 is 2.04 bits per heavy atom. The predicted molar refractivity (Wildman–Crippen MR) is 116 cm³/mol. The van der Waals surface area contributed by atoms with Gasteiger partial charge in [0.1, 0.15) is 16.5 Å². The summed E-state index contributed by atoms with van der Waals surface area (Å²) in [5.74, 6) is 2.31. The molecule has 5 rings (SSSR count). The summed E-state index contributed by atoms with van der Waals surface area (Å²) in [5.41, 5.74) is 1.34. The van der Waals surface area contributed by atoms with E-state index >= 15 is 0 Å². The topological polar surface area (TPSA) is 72.0 Å². The van der Waals surface area contributed by atoms with E-state index in [0.29, 0.717) is 5.75 Å². The summed E-state index contributed by atoms with van der Waals surface area (Å²) in [7, 11) is -3.11. The molecule has 28 heavy (non-hydrogen) atoms. The molecule has 2 aromatic heterocycles. The van der Waals surface area contributed by atoms with Gasteiger partial charge in [-0.1, -0.05) is 18.2 Å². The molecular weight excluding hydrogens is 410 g/mol. The lowest BCUT2D eigenvalue weighted by Crippen LogP contribution is -2.22. The Balaban J connectivity index is 1.49. The summed E-state index contributed by atoms with van der Waals surface area (Å²) >= 11 is 3.46. The van der Waals surface area contributed by atoms with Crippen molar-refractivity contribution in [2.45, 2.75) is 36.0 Å². The van der Waals surface area contributed by atoms with Gasteiger partial charge in [-0.2, -0.15) is 0 Å². The predicted octanol–water partition coefficient (Wildman–Crippen LogP) is 4.19. The minimum Gasteiger partial charge on any atom is -0.362 e. The van der Waals surface area contributed by atoms with E-state index in [1.807, 2.05) is 18.2 Å². The molecule has 0 fully saturated rings. The summed E-state index contributed by atoms with van der Waals surface area (Å²) in [6, 6.07) is 9.97. The first-order chi connectivity index (χ1) is 13.6. The first-order valence-corrected chi connectivity index (χ1v) is 12.8. The van der Waals surface area contributed by atoms with Gasteiger partial charge >= 0.3 is 0 Å². The van der Waals surface area contributed by atoms with E-state index in [9.17, 15) is 8.42 Å². The van der Waals surface area contributed by atoms with Crippen LogP contribution in [0.25, 0.3) is 10.2 Å². The number of nitrogens with one attached hydrogen (secondary N) is 1. The summed E-state index contributed by atoms with van der Waals surface area (Å²) in [5, 5.41) is 5.76. The molecule has 1 aliphatic heterocycles. The monoisotopic (exact) mass is 429 g/mol. The maximum atomic E-state index is 11.8. The fourth-order valence-electron chi connectivity index (χ4n) is 3.71. The van der Waals surface area contributed by atoms with Gasteiger partial charge in [0.05, 0.1) is 22.9 Å². The van der Waals surface area contributed by atoms with E-state index in [2.05, 4.69) is 17.4 Å². The van der Waals surface area contributed by atoms with Gasteiger partial charge in [-0.05, 0) is 43.0 Å². The molecule has 5 nitrogen and oxygen atoms in total. The summed E-state index contributed by atoms with van der Waals surface area (Å²) < 4.78 is 23.6. The second kappa shape index (κ2) is 7.17. The zero-order valence-corrected chi connectivity index (χ0v) is 17.5. The van der Waals surface area contributed by atoms with Crippen LogP contribution in [0.2, 0.25) is 0 Å². The van der Waals surface area contributed by atoms with Gasteiger partial charge in [0.2, 0.25) is 0 Å². The minimum atomic E-state index is -3.11. The van der Waals surface area contributed by atoms with Crippen LogP contribution in [0.3, 0.4) is 0 Å². The first-order valence-electron chi connectivity index (χ1n) is 9.24. The van der Waals surface area contributed by atoms with Crippen LogP contribution in [0.4, 0.5) is 5.82 Å². The Morgan fingerprint density at radius 1 is 1.18 bits per heavy atom.